The van der Waals surface area contributed by atoms with Crippen molar-refractivity contribution in [2.45, 2.75) is 6.18 Å². The van der Waals surface area contributed by atoms with E-state index in [-0.39, 0.29) is 10.8 Å². The van der Waals surface area contributed by atoms with Crippen LogP contribution in [0.5, 0.6) is 0 Å². The number of hydrogen-bond donors (Lipinski definition) is 0. The number of nitrogens with zero attached hydrogens (tertiary/aromatic N) is 5. The molecule has 138 valence electrons. The van der Waals surface area contributed by atoms with Gasteiger partial charge in [0.1, 0.15) is 5.69 Å². The Balaban J connectivity index is 1.78. The third-order valence-corrected chi connectivity index (χ3v) is 4.26. The molecule has 1 aromatic heterocycles. The predicted molar refractivity (Wildman–Crippen MR) is 89.6 cm³/mol. The van der Waals surface area contributed by atoms with Crippen LogP contribution in [-0.2, 0) is 6.18 Å². The normalized spacial score (nSPS) is 15.2. The van der Waals surface area contributed by atoms with Gasteiger partial charge in [-0.15, -0.1) is 10.2 Å². The van der Waals surface area contributed by atoms with Gasteiger partial charge in [0.2, 0.25) is 0 Å². The topological polar surface area (TPSA) is 75.4 Å². The fourth-order valence-corrected chi connectivity index (χ4v) is 2.87. The highest BCUT2D eigenvalue weighted by atomic mass is 35.5. The van der Waals surface area contributed by atoms with Crippen LogP contribution >= 0.6 is 11.6 Å². The van der Waals surface area contributed by atoms with E-state index in [0.29, 0.717) is 38.1 Å². The van der Waals surface area contributed by atoms with E-state index < -0.39 is 22.4 Å². The maximum Gasteiger partial charge on any atom is 0.416 e. The summed E-state index contributed by atoms with van der Waals surface area (Å²) in [6.07, 6.45) is -4.63. The highest BCUT2D eigenvalue weighted by molar-refractivity contribution is 6.29. The van der Waals surface area contributed by atoms with Gasteiger partial charge in [-0.2, -0.15) is 13.2 Å². The fraction of sp³-hybridized carbons (Fsp3) is 0.333. The molecule has 2 aromatic rings. The fourth-order valence-electron chi connectivity index (χ4n) is 2.77. The molecule has 3 rings (SSSR count). The van der Waals surface area contributed by atoms with Gasteiger partial charge >= 0.3 is 6.18 Å². The number of piperazine rings is 1. The minimum Gasteiger partial charge on any atom is -0.362 e. The van der Waals surface area contributed by atoms with Gasteiger partial charge in [-0.3, -0.25) is 10.1 Å². The SMILES string of the molecule is O=[N+]([O-])c1cc(C(F)(F)F)ccc1N1CCN(c2ccc(Cl)nn2)CC1. The quantitative estimate of drug-likeness (QED) is 0.593. The summed E-state index contributed by atoms with van der Waals surface area (Å²) in [5.74, 6) is 0.621. The van der Waals surface area contributed by atoms with Crippen molar-refractivity contribution in [2.24, 2.45) is 0 Å². The number of rotatable bonds is 3. The van der Waals surface area contributed by atoms with Crippen molar-refractivity contribution >= 4 is 28.8 Å². The maximum absolute atomic E-state index is 12.8. The molecule has 0 unspecified atom stereocenters. The van der Waals surface area contributed by atoms with E-state index in [1.807, 2.05) is 4.90 Å². The first kappa shape index (κ1) is 18.2. The average molecular weight is 388 g/mol. The zero-order valence-corrected chi connectivity index (χ0v) is 14.0. The Morgan fingerprint density at radius 3 is 2.23 bits per heavy atom. The van der Waals surface area contributed by atoms with E-state index in [1.165, 1.54) is 0 Å². The molecule has 0 atom stereocenters. The lowest BCUT2D eigenvalue weighted by molar-refractivity contribution is -0.384. The lowest BCUT2D eigenvalue weighted by Gasteiger charge is -2.36. The van der Waals surface area contributed by atoms with Crippen LogP contribution in [0.4, 0.5) is 30.4 Å². The standard InChI is InChI=1S/C15H13ClF3N5O2/c16-13-3-4-14(21-20-13)23-7-5-22(6-8-23)11-2-1-10(15(17,18)19)9-12(11)24(25)26/h1-4,9H,5-8H2. The molecule has 26 heavy (non-hydrogen) atoms. The second-order valence-corrected chi connectivity index (χ2v) is 6.03. The largest absolute Gasteiger partial charge is 0.416 e. The number of hydrogen-bond acceptors (Lipinski definition) is 6. The van der Waals surface area contributed by atoms with Crippen LogP contribution < -0.4 is 9.80 Å². The number of aromatic nitrogens is 2. The van der Waals surface area contributed by atoms with Gasteiger partial charge in [0, 0.05) is 32.2 Å². The van der Waals surface area contributed by atoms with E-state index in [4.69, 9.17) is 11.6 Å². The Morgan fingerprint density at radius 1 is 1.04 bits per heavy atom. The number of alkyl halides is 3. The second kappa shape index (κ2) is 6.94. The molecular weight excluding hydrogens is 375 g/mol. The van der Waals surface area contributed by atoms with Gasteiger partial charge in [-0.1, -0.05) is 11.6 Å². The van der Waals surface area contributed by atoms with Crippen molar-refractivity contribution in [3.05, 3.63) is 51.2 Å². The van der Waals surface area contributed by atoms with Crippen molar-refractivity contribution < 1.29 is 18.1 Å². The number of nitro benzene ring substituents is 1. The molecule has 0 radical (unpaired) electrons. The summed E-state index contributed by atoms with van der Waals surface area (Å²) in [4.78, 5) is 14.1. The number of halogens is 4. The molecule has 0 amide bonds. The zero-order chi connectivity index (χ0) is 18.9. The minimum absolute atomic E-state index is 0.171. The van der Waals surface area contributed by atoms with Crippen LogP contribution in [0.3, 0.4) is 0 Å². The van der Waals surface area contributed by atoms with E-state index in [2.05, 4.69) is 10.2 Å². The second-order valence-electron chi connectivity index (χ2n) is 5.65. The van der Waals surface area contributed by atoms with Crippen molar-refractivity contribution in [1.82, 2.24) is 10.2 Å². The summed E-state index contributed by atoms with van der Waals surface area (Å²) in [5, 5.41) is 19.2. The molecule has 1 aromatic carbocycles. The van der Waals surface area contributed by atoms with Gasteiger partial charge in [0.15, 0.2) is 11.0 Å². The van der Waals surface area contributed by atoms with Gasteiger partial charge < -0.3 is 9.80 Å². The Kier molecular flexibility index (Phi) is 4.86. The molecule has 1 aliphatic rings. The summed E-state index contributed by atoms with van der Waals surface area (Å²) in [6.45, 7) is 1.79. The molecule has 2 heterocycles. The molecule has 0 saturated carbocycles. The molecule has 7 nitrogen and oxygen atoms in total. The smallest absolute Gasteiger partial charge is 0.362 e. The highest BCUT2D eigenvalue weighted by Gasteiger charge is 2.34. The van der Waals surface area contributed by atoms with Crippen molar-refractivity contribution in [2.75, 3.05) is 36.0 Å². The first-order chi connectivity index (χ1) is 12.3. The molecule has 11 heteroatoms. The average Bonchev–Trinajstić information content (AvgIpc) is 2.61. The number of nitro groups is 1. The number of benzene rings is 1. The summed E-state index contributed by atoms with van der Waals surface area (Å²) in [7, 11) is 0. The maximum atomic E-state index is 12.8. The molecular formula is C15H13ClF3N5O2. The van der Waals surface area contributed by atoms with Gasteiger partial charge in [0.05, 0.1) is 10.5 Å². The van der Waals surface area contributed by atoms with Crippen molar-refractivity contribution in [3.8, 4) is 0 Å². The van der Waals surface area contributed by atoms with E-state index >= 15 is 0 Å². The van der Waals surface area contributed by atoms with E-state index in [9.17, 15) is 23.3 Å². The third-order valence-electron chi connectivity index (χ3n) is 4.06. The highest BCUT2D eigenvalue weighted by Crippen LogP contribution is 2.36. The van der Waals surface area contributed by atoms with E-state index in [1.54, 1.807) is 17.0 Å². The molecule has 0 bridgehead atoms. The Bertz CT molecular complexity index is 808. The third kappa shape index (κ3) is 3.79. The van der Waals surface area contributed by atoms with E-state index in [0.717, 1.165) is 12.1 Å². The van der Waals surface area contributed by atoms with Gasteiger partial charge in [-0.25, -0.2) is 0 Å². The molecule has 0 N–H and O–H groups in total. The van der Waals surface area contributed by atoms with Gasteiger partial charge in [0.25, 0.3) is 5.69 Å². The summed E-state index contributed by atoms with van der Waals surface area (Å²) in [6, 6.07) is 5.91. The lowest BCUT2D eigenvalue weighted by atomic mass is 10.1. The minimum atomic E-state index is -4.63. The Morgan fingerprint density at radius 2 is 1.69 bits per heavy atom. The molecule has 0 spiro atoms. The Hall–Kier alpha value is -2.62. The summed E-state index contributed by atoms with van der Waals surface area (Å²) < 4.78 is 38.4. The Labute approximate surface area is 151 Å². The van der Waals surface area contributed by atoms with Crippen LogP contribution in [0.2, 0.25) is 5.15 Å². The van der Waals surface area contributed by atoms with Crippen molar-refractivity contribution in [3.63, 3.8) is 0 Å². The van der Waals surface area contributed by atoms with Gasteiger partial charge in [-0.05, 0) is 24.3 Å². The molecule has 1 saturated heterocycles. The van der Waals surface area contributed by atoms with Crippen LogP contribution in [0.1, 0.15) is 5.56 Å². The van der Waals surface area contributed by atoms with Crippen LogP contribution in [-0.4, -0.2) is 41.3 Å². The first-order valence-corrected chi connectivity index (χ1v) is 7.98. The van der Waals surface area contributed by atoms with Crippen LogP contribution in [0.25, 0.3) is 0 Å². The summed E-state index contributed by atoms with van der Waals surface area (Å²) >= 11 is 5.70. The predicted octanol–water partition coefficient (Wildman–Crippen LogP) is 3.38. The number of anilines is 2. The van der Waals surface area contributed by atoms with Crippen LogP contribution in [0, 0.1) is 10.1 Å². The van der Waals surface area contributed by atoms with Crippen molar-refractivity contribution in [1.29, 1.82) is 0 Å². The first-order valence-electron chi connectivity index (χ1n) is 7.60. The molecule has 1 fully saturated rings. The van der Waals surface area contributed by atoms with Crippen LogP contribution in [0.15, 0.2) is 30.3 Å². The monoisotopic (exact) mass is 387 g/mol. The zero-order valence-electron chi connectivity index (χ0n) is 13.3. The lowest BCUT2D eigenvalue weighted by Crippen LogP contribution is -2.47. The summed E-state index contributed by atoms with van der Waals surface area (Å²) in [5.41, 5.74) is -1.42. The molecule has 1 aliphatic heterocycles. The molecule has 0 aliphatic carbocycles.